The normalized spacial score (nSPS) is 14.6. The molecule has 2 N–H and O–H groups in total. The van der Waals surface area contributed by atoms with E-state index in [1.807, 2.05) is 54.3 Å². The van der Waals surface area contributed by atoms with Crippen molar-refractivity contribution in [3.8, 4) is 11.3 Å². The van der Waals surface area contributed by atoms with Crippen LogP contribution in [0.15, 0.2) is 77.7 Å². The highest BCUT2D eigenvalue weighted by Gasteiger charge is 2.28. The predicted molar refractivity (Wildman–Crippen MR) is 181 cm³/mol. The van der Waals surface area contributed by atoms with E-state index in [1.54, 1.807) is 37.5 Å². The first kappa shape index (κ1) is 31.7. The lowest BCUT2D eigenvalue weighted by molar-refractivity contribution is 0.0630. The lowest BCUT2D eigenvalue weighted by atomic mass is 9.82. The van der Waals surface area contributed by atoms with Crippen LogP contribution in [-0.2, 0) is 12.5 Å². The van der Waals surface area contributed by atoms with Gasteiger partial charge in [-0.1, -0.05) is 58.9 Å². The van der Waals surface area contributed by atoms with Gasteiger partial charge in [-0.2, -0.15) is 0 Å². The lowest BCUT2D eigenvalue weighted by Gasteiger charge is -2.37. The third-order valence-electron chi connectivity index (χ3n) is 8.74. The molecule has 5 rings (SSSR count). The molecule has 0 bridgehead atoms. The maximum Gasteiger partial charge on any atom is 0.293 e. The van der Waals surface area contributed by atoms with Crippen LogP contribution >= 0.6 is 0 Å². The zero-order valence-corrected chi connectivity index (χ0v) is 27.3. The summed E-state index contributed by atoms with van der Waals surface area (Å²) in [4.78, 5) is 45.8. The van der Waals surface area contributed by atoms with E-state index in [4.69, 9.17) is 0 Å². The minimum atomic E-state index is -0.282. The second-order valence-corrected chi connectivity index (χ2v) is 13.8. The van der Waals surface area contributed by atoms with Gasteiger partial charge in [-0.15, -0.1) is 0 Å². The molecule has 0 radical (unpaired) electrons. The van der Waals surface area contributed by atoms with E-state index in [1.165, 1.54) is 4.57 Å². The molecule has 1 fully saturated rings. The fourth-order valence-electron chi connectivity index (χ4n) is 5.51. The summed E-state index contributed by atoms with van der Waals surface area (Å²) < 4.78 is 1.49. The third kappa shape index (κ3) is 7.17. The summed E-state index contributed by atoms with van der Waals surface area (Å²) in [6.45, 7) is 14.3. The van der Waals surface area contributed by atoms with Crippen LogP contribution in [0.1, 0.15) is 79.3 Å². The Labute approximate surface area is 265 Å². The molecule has 1 aliphatic rings. The van der Waals surface area contributed by atoms with Crippen molar-refractivity contribution in [2.75, 3.05) is 23.7 Å². The van der Waals surface area contributed by atoms with Crippen molar-refractivity contribution in [2.45, 2.75) is 59.8 Å². The first-order valence-corrected chi connectivity index (χ1v) is 15.5. The van der Waals surface area contributed by atoms with Gasteiger partial charge in [-0.25, -0.2) is 4.98 Å². The summed E-state index contributed by atoms with van der Waals surface area (Å²) in [6, 6.07) is 20.5. The number of hydrogen-bond acceptors (Lipinski definition) is 5. The zero-order chi connectivity index (χ0) is 32.5. The van der Waals surface area contributed by atoms with E-state index in [-0.39, 0.29) is 34.0 Å². The second-order valence-electron chi connectivity index (χ2n) is 13.8. The Bertz CT molecular complexity index is 1770. The molecule has 234 valence electrons. The summed E-state index contributed by atoms with van der Waals surface area (Å²) >= 11 is 0. The molecule has 1 aromatic heterocycles. The maximum atomic E-state index is 13.1. The van der Waals surface area contributed by atoms with Gasteiger partial charge in [-0.3, -0.25) is 14.4 Å². The molecule has 8 nitrogen and oxygen atoms in total. The smallest absolute Gasteiger partial charge is 0.293 e. The van der Waals surface area contributed by atoms with E-state index in [0.717, 1.165) is 42.6 Å². The average molecular weight is 606 g/mol. The fourth-order valence-corrected chi connectivity index (χ4v) is 5.51. The van der Waals surface area contributed by atoms with Crippen LogP contribution in [0.4, 0.5) is 17.2 Å². The Balaban J connectivity index is 1.33. The number of nitrogens with one attached hydrogen (secondary N) is 2. The Morgan fingerprint density at radius 1 is 0.889 bits per heavy atom. The van der Waals surface area contributed by atoms with Gasteiger partial charge in [0.25, 0.3) is 17.4 Å². The second kappa shape index (κ2) is 12.3. The number of aromatic nitrogens is 2. The number of aryl methyl sites for hydroxylation is 1. The number of benzene rings is 3. The van der Waals surface area contributed by atoms with Crippen molar-refractivity contribution in [1.82, 2.24) is 14.5 Å². The molecular weight excluding hydrogens is 562 g/mol. The highest BCUT2D eigenvalue weighted by Crippen LogP contribution is 2.31. The standard InChI is InChI=1S/C37H43N5O3/c1-24-29(9-8-10-30(24)40-33(43)25-11-15-27(16-12-25)36(2,3)4)31-23-41(7)35(45)32(39-31)38-28-17-13-26(14-18-28)34(44)42-21-19-37(5,6)20-22-42/h8-18,23H,19-22H2,1-7H3,(H,38,39)(H,40,43). The molecule has 2 heterocycles. The molecule has 0 spiro atoms. The molecule has 3 aromatic carbocycles. The number of carbonyl (C=O) groups excluding carboxylic acids is 2. The van der Waals surface area contributed by atoms with Gasteiger partial charge in [0.05, 0.1) is 5.69 Å². The van der Waals surface area contributed by atoms with Crippen LogP contribution in [0.25, 0.3) is 11.3 Å². The molecule has 1 aliphatic heterocycles. The molecule has 2 amide bonds. The number of piperidine rings is 1. The average Bonchev–Trinajstić information content (AvgIpc) is 3.00. The SMILES string of the molecule is Cc1c(NC(=O)c2ccc(C(C)(C)C)cc2)cccc1-c1cn(C)c(=O)c(Nc2ccc(C(=O)N3CCC(C)(C)CC3)cc2)n1. The van der Waals surface area contributed by atoms with Crippen LogP contribution in [0.5, 0.6) is 0 Å². The Hall–Kier alpha value is -4.72. The quantitative estimate of drug-likeness (QED) is 0.240. The van der Waals surface area contributed by atoms with E-state index in [2.05, 4.69) is 50.2 Å². The number of anilines is 3. The van der Waals surface area contributed by atoms with E-state index >= 15 is 0 Å². The first-order valence-electron chi connectivity index (χ1n) is 15.5. The van der Waals surface area contributed by atoms with Gasteiger partial charge in [0, 0.05) is 54.4 Å². The Kier molecular flexibility index (Phi) is 8.70. The summed E-state index contributed by atoms with van der Waals surface area (Å²) in [6.07, 6.45) is 3.67. The van der Waals surface area contributed by atoms with E-state index in [9.17, 15) is 14.4 Å². The van der Waals surface area contributed by atoms with Crippen LogP contribution < -0.4 is 16.2 Å². The van der Waals surface area contributed by atoms with E-state index < -0.39 is 0 Å². The zero-order valence-electron chi connectivity index (χ0n) is 27.3. The van der Waals surface area contributed by atoms with Gasteiger partial charge in [0.1, 0.15) is 0 Å². The van der Waals surface area contributed by atoms with Gasteiger partial charge in [0.2, 0.25) is 0 Å². The maximum absolute atomic E-state index is 13.1. The number of hydrogen-bond donors (Lipinski definition) is 2. The topological polar surface area (TPSA) is 96.3 Å². The predicted octanol–water partition coefficient (Wildman–Crippen LogP) is 7.31. The molecule has 4 aromatic rings. The molecule has 45 heavy (non-hydrogen) atoms. The molecule has 0 aliphatic carbocycles. The summed E-state index contributed by atoms with van der Waals surface area (Å²) in [5.74, 6) is -0.00453. The van der Waals surface area contributed by atoms with Crippen LogP contribution in [-0.4, -0.2) is 39.4 Å². The van der Waals surface area contributed by atoms with Crippen molar-refractivity contribution < 1.29 is 9.59 Å². The number of rotatable bonds is 6. The van der Waals surface area contributed by atoms with Gasteiger partial charge in [-0.05, 0) is 84.2 Å². The highest BCUT2D eigenvalue weighted by molar-refractivity contribution is 6.05. The number of amides is 2. The number of likely N-dealkylation sites (tertiary alicyclic amines) is 1. The lowest BCUT2D eigenvalue weighted by Crippen LogP contribution is -2.41. The molecule has 0 atom stereocenters. The number of nitrogens with zero attached hydrogens (tertiary/aromatic N) is 3. The Morgan fingerprint density at radius 2 is 1.51 bits per heavy atom. The summed E-state index contributed by atoms with van der Waals surface area (Å²) in [5.41, 5.74) is 5.88. The summed E-state index contributed by atoms with van der Waals surface area (Å²) in [7, 11) is 1.68. The molecule has 8 heteroatoms. The summed E-state index contributed by atoms with van der Waals surface area (Å²) in [5, 5.41) is 6.18. The number of carbonyl (C=O) groups is 2. The van der Waals surface area contributed by atoms with Gasteiger partial charge in [0.15, 0.2) is 5.82 Å². The molecular formula is C37H43N5O3. The molecule has 0 unspecified atom stereocenters. The largest absolute Gasteiger partial charge is 0.339 e. The van der Waals surface area contributed by atoms with Crippen LogP contribution in [0, 0.1) is 12.3 Å². The minimum Gasteiger partial charge on any atom is -0.339 e. The van der Waals surface area contributed by atoms with Crippen molar-refractivity contribution in [1.29, 1.82) is 0 Å². The third-order valence-corrected chi connectivity index (χ3v) is 8.74. The monoisotopic (exact) mass is 605 g/mol. The van der Waals surface area contributed by atoms with E-state index in [0.29, 0.717) is 28.2 Å². The highest BCUT2D eigenvalue weighted by atomic mass is 16.2. The van der Waals surface area contributed by atoms with Crippen LogP contribution in [0.2, 0.25) is 0 Å². The van der Waals surface area contributed by atoms with Crippen molar-refractivity contribution >= 4 is 29.0 Å². The molecule has 0 saturated carbocycles. The minimum absolute atomic E-state index is 0.00358. The van der Waals surface area contributed by atoms with Gasteiger partial charge >= 0.3 is 0 Å². The van der Waals surface area contributed by atoms with Gasteiger partial charge < -0.3 is 20.1 Å². The molecule has 1 saturated heterocycles. The van der Waals surface area contributed by atoms with Crippen LogP contribution in [0.3, 0.4) is 0 Å². The van der Waals surface area contributed by atoms with Crippen molar-refractivity contribution in [2.24, 2.45) is 12.5 Å². The van der Waals surface area contributed by atoms with Crippen molar-refractivity contribution in [3.05, 3.63) is 106 Å². The first-order chi connectivity index (χ1) is 21.2. The van der Waals surface area contributed by atoms with Crippen molar-refractivity contribution in [3.63, 3.8) is 0 Å². The Morgan fingerprint density at radius 3 is 2.13 bits per heavy atom. The fraction of sp³-hybridized carbons (Fsp3) is 0.351.